The minimum atomic E-state index is -0.810. The Hall–Kier alpha value is -1.08. The standard InChI is InChI=1S/C13H20N2O2/c1-2-7-15(11-3-4-11)12(16)13(10-14)5-8-17-9-6-13/h11H,2-9H2,1H3. The molecule has 94 valence electrons. The minimum absolute atomic E-state index is 0.0488. The van der Waals surface area contributed by atoms with Crippen LogP contribution in [0.5, 0.6) is 0 Å². The molecule has 0 bridgehead atoms. The second kappa shape index (κ2) is 5.05. The van der Waals surface area contributed by atoms with Gasteiger partial charge in [0.2, 0.25) is 5.91 Å². The number of ether oxygens (including phenoxy) is 1. The van der Waals surface area contributed by atoms with Crippen molar-refractivity contribution in [1.82, 2.24) is 4.90 Å². The molecule has 2 rings (SSSR count). The molecule has 0 spiro atoms. The molecule has 0 atom stereocenters. The van der Waals surface area contributed by atoms with Crippen LogP contribution in [0.1, 0.15) is 39.0 Å². The maximum absolute atomic E-state index is 12.6. The van der Waals surface area contributed by atoms with Crippen LogP contribution >= 0.6 is 0 Å². The molecule has 1 saturated heterocycles. The highest BCUT2D eigenvalue weighted by molar-refractivity contribution is 5.86. The third kappa shape index (κ3) is 2.44. The molecule has 4 heteroatoms. The summed E-state index contributed by atoms with van der Waals surface area (Å²) < 4.78 is 5.27. The van der Waals surface area contributed by atoms with Gasteiger partial charge >= 0.3 is 0 Å². The summed E-state index contributed by atoms with van der Waals surface area (Å²) in [5.74, 6) is 0.0488. The molecule has 0 radical (unpaired) electrons. The van der Waals surface area contributed by atoms with Gasteiger partial charge in [0.05, 0.1) is 6.07 Å². The zero-order valence-electron chi connectivity index (χ0n) is 10.4. The summed E-state index contributed by atoms with van der Waals surface area (Å²) in [7, 11) is 0. The van der Waals surface area contributed by atoms with E-state index in [2.05, 4.69) is 13.0 Å². The van der Waals surface area contributed by atoms with Gasteiger partial charge in [-0.3, -0.25) is 4.79 Å². The summed E-state index contributed by atoms with van der Waals surface area (Å²) in [5.41, 5.74) is -0.810. The first kappa shape index (κ1) is 12.4. The summed E-state index contributed by atoms with van der Waals surface area (Å²) in [4.78, 5) is 14.5. The van der Waals surface area contributed by atoms with E-state index >= 15 is 0 Å². The normalized spacial score (nSPS) is 22.8. The van der Waals surface area contributed by atoms with Gasteiger partial charge in [-0.1, -0.05) is 6.92 Å². The van der Waals surface area contributed by atoms with Crippen LogP contribution in [-0.2, 0) is 9.53 Å². The van der Waals surface area contributed by atoms with Crippen LogP contribution in [0.15, 0.2) is 0 Å². The first-order valence-corrected chi connectivity index (χ1v) is 6.53. The van der Waals surface area contributed by atoms with Crippen LogP contribution in [0.2, 0.25) is 0 Å². The zero-order valence-corrected chi connectivity index (χ0v) is 10.4. The fourth-order valence-corrected chi connectivity index (χ4v) is 2.45. The molecular weight excluding hydrogens is 216 g/mol. The van der Waals surface area contributed by atoms with E-state index in [9.17, 15) is 10.1 Å². The fourth-order valence-electron chi connectivity index (χ4n) is 2.45. The second-order valence-corrected chi connectivity index (χ2v) is 5.04. The lowest BCUT2D eigenvalue weighted by Crippen LogP contribution is -2.47. The Morgan fingerprint density at radius 2 is 2.12 bits per heavy atom. The Morgan fingerprint density at radius 3 is 2.59 bits per heavy atom. The number of amides is 1. The average Bonchev–Trinajstić information content (AvgIpc) is 3.20. The third-order valence-corrected chi connectivity index (χ3v) is 3.68. The van der Waals surface area contributed by atoms with Crippen LogP contribution < -0.4 is 0 Å². The molecule has 1 amide bonds. The van der Waals surface area contributed by atoms with E-state index in [4.69, 9.17) is 4.74 Å². The van der Waals surface area contributed by atoms with Gasteiger partial charge in [-0.05, 0) is 32.1 Å². The van der Waals surface area contributed by atoms with Crippen molar-refractivity contribution in [3.63, 3.8) is 0 Å². The van der Waals surface area contributed by atoms with E-state index in [0.29, 0.717) is 32.1 Å². The maximum Gasteiger partial charge on any atom is 0.243 e. The summed E-state index contributed by atoms with van der Waals surface area (Å²) >= 11 is 0. The number of carbonyl (C=O) groups excluding carboxylic acids is 1. The van der Waals surface area contributed by atoms with Crippen molar-refractivity contribution in [3.8, 4) is 6.07 Å². The summed E-state index contributed by atoms with van der Waals surface area (Å²) in [6.07, 6.45) is 4.26. The molecule has 1 aliphatic carbocycles. The van der Waals surface area contributed by atoms with Gasteiger partial charge in [-0.25, -0.2) is 0 Å². The van der Waals surface area contributed by atoms with Gasteiger partial charge in [-0.2, -0.15) is 5.26 Å². The first-order chi connectivity index (χ1) is 8.23. The number of hydrogen-bond donors (Lipinski definition) is 0. The van der Waals surface area contributed by atoms with Gasteiger partial charge in [0.1, 0.15) is 5.41 Å². The van der Waals surface area contributed by atoms with Crippen molar-refractivity contribution in [2.45, 2.75) is 45.1 Å². The van der Waals surface area contributed by atoms with Crippen molar-refractivity contribution >= 4 is 5.91 Å². The van der Waals surface area contributed by atoms with E-state index in [-0.39, 0.29) is 5.91 Å². The molecule has 0 aromatic carbocycles. The molecule has 1 saturated carbocycles. The molecular formula is C13H20N2O2. The predicted molar refractivity (Wildman–Crippen MR) is 63.1 cm³/mol. The molecule has 2 aliphatic rings. The first-order valence-electron chi connectivity index (χ1n) is 6.53. The van der Waals surface area contributed by atoms with Crippen molar-refractivity contribution < 1.29 is 9.53 Å². The van der Waals surface area contributed by atoms with E-state index in [1.807, 2.05) is 4.90 Å². The SMILES string of the molecule is CCCN(C(=O)C1(C#N)CCOCC1)C1CC1. The Morgan fingerprint density at radius 1 is 1.47 bits per heavy atom. The number of nitriles is 1. The van der Waals surface area contributed by atoms with Crippen LogP contribution in [0.3, 0.4) is 0 Å². The lowest BCUT2D eigenvalue weighted by Gasteiger charge is -2.34. The topological polar surface area (TPSA) is 53.3 Å². The highest BCUT2D eigenvalue weighted by atomic mass is 16.5. The highest BCUT2D eigenvalue weighted by Crippen LogP contribution is 2.36. The third-order valence-electron chi connectivity index (χ3n) is 3.68. The fraction of sp³-hybridized carbons (Fsp3) is 0.846. The number of carbonyl (C=O) groups is 1. The van der Waals surface area contributed by atoms with Crippen LogP contribution in [0, 0.1) is 16.7 Å². The summed E-state index contributed by atoms with van der Waals surface area (Å²) in [6, 6.07) is 2.67. The smallest absolute Gasteiger partial charge is 0.243 e. The van der Waals surface area contributed by atoms with E-state index in [0.717, 1.165) is 25.8 Å². The van der Waals surface area contributed by atoms with Crippen molar-refractivity contribution in [2.24, 2.45) is 5.41 Å². The molecule has 1 heterocycles. The van der Waals surface area contributed by atoms with Crippen LogP contribution in [-0.4, -0.2) is 36.6 Å². The lowest BCUT2D eigenvalue weighted by molar-refractivity contribution is -0.144. The molecule has 17 heavy (non-hydrogen) atoms. The average molecular weight is 236 g/mol. The van der Waals surface area contributed by atoms with Crippen LogP contribution in [0.25, 0.3) is 0 Å². The molecule has 2 fully saturated rings. The zero-order chi connectivity index (χ0) is 12.3. The van der Waals surface area contributed by atoms with Gasteiger partial charge in [0.25, 0.3) is 0 Å². The number of nitrogens with zero attached hydrogens (tertiary/aromatic N) is 2. The van der Waals surface area contributed by atoms with Gasteiger partial charge in [-0.15, -0.1) is 0 Å². The predicted octanol–water partition coefficient (Wildman–Crippen LogP) is 1.71. The number of rotatable bonds is 4. The van der Waals surface area contributed by atoms with Crippen molar-refractivity contribution in [2.75, 3.05) is 19.8 Å². The largest absolute Gasteiger partial charge is 0.381 e. The van der Waals surface area contributed by atoms with Crippen molar-refractivity contribution in [3.05, 3.63) is 0 Å². The maximum atomic E-state index is 12.6. The number of hydrogen-bond acceptors (Lipinski definition) is 3. The summed E-state index contributed by atoms with van der Waals surface area (Å²) in [5, 5.41) is 9.38. The van der Waals surface area contributed by atoms with Gasteiger partial charge in [0, 0.05) is 25.8 Å². The van der Waals surface area contributed by atoms with E-state index in [1.54, 1.807) is 0 Å². The Bertz CT molecular complexity index is 325. The molecule has 0 N–H and O–H groups in total. The molecule has 1 aliphatic heterocycles. The second-order valence-electron chi connectivity index (χ2n) is 5.04. The van der Waals surface area contributed by atoms with Crippen molar-refractivity contribution in [1.29, 1.82) is 5.26 Å². The monoisotopic (exact) mass is 236 g/mol. The van der Waals surface area contributed by atoms with E-state index < -0.39 is 5.41 Å². The molecule has 0 aromatic rings. The molecule has 4 nitrogen and oxygen atoms in total. The van der Waals surface area contributed by atoms with E-state index in [1.165, 1.54) is 0 Å². The van der Waals surface area contributed by atoms with Gasteiger partial charge in [0.15, 0.2) is 0 Å². The Kier molecular flexibility index (Phi) is 3.68. The van der Waals surface area contributed by atoms with Gasteiger partial charge < -0.3 is 9.64 Å². The molecule has 0 unspecified atom stereocenters. The quantitative estimate of drug-likeness (QED) is 0.746. The summed E-state index contributed by atoms with van der Waals surface area (Å²) in [6.45, 7) is 3.92. The lowest BCUT2D eigenvalue weighted by atomic mass is 9.80. The Labute approximate surface area is 103 Å². The highest BCUT2D eigenvalue weighted by Gasteiger charge is 2.46. The minimum Gasteiger partial charge on any atom is -0.381 e. The Balaban J connectivity index is 2.11. The van der Waals surface area contributed by atoms with Crippen LogP contribution in [0.4, 0.5) is 0 Å². The molecule has 0 aromatic heterocycles.